The molecule has 0 radical (unpaired) electrons. The van der Waals surface area contributed by atoms with E-state index < -0.39 is 5.97 Å². The van der Waals surface area contributed by atoms with Crippen LogP contribution in [0.2, 0.25) is 0 Å². The number of rotatable bonds is 2. The van der Waals surface area contributed by atoms with Gasteiger partial charge in [0.15, 0.2) is 0 Å². The molecule has 2 bridgehead atoms. The first kappa shape index (κ1) is 9.75. The topological polar surface area (TPSA) is 37.3 Å². The average Bonchev–Trinajstić information content (AvgIpc) is 2.09. The lowest BCUT2D eigenvalue weighted by atomic mass is 9.69. The SMILES string of the molecule is CC1C=C2CC(CCC2CC(=O)O)C1. The molecule has 78 valence electrons. The maximum absolute atomic E-state index is 10.7. The summed E-state index contributed by atoms with van der Waals surface area (Å²) in [6, 6.07) is 0. The minimum atomic E-state index is -0.646. The number of allylic oxidation sites excluding steroid dienone is 2. The molecule has 0 amide bonds. The van der Waals surface area contributed by atoms with E-state index in [-0.39, 0.29) is 0 Å². The molecule has 1 fully saturated rings. The van der Waals surface area contributed by atoms with E-state index in [0.29, 0.717) is 18.3 Å². The predicted octanol–water partition coefficient (Wildman–Crippen LogP) is 2.84. The Morgan fingerprint density at radius 2 is 2.36 bits per heavy atom. The van der Waals surface area contributed by atoms with Crippen LogP contribution in [0, 0.1) is 17.8 Å². The molecule has 3 atom stereocenters. The summed E-state index contributed by atoms with van der Waals surface area (Å²) in [5.74, 6) is 1.20. The molecule has 0 aromatic rings. The van der Waals surface area contributed by atoms with Gasteiger partial charge in [-0.05, 0) is 43.4 Å². The lowest BCUT2D eigenvalue weighted by Gasteiger charge is -2.36. The van der Waals surface area contributed by atoms with Gasteiger partial charge < -0.3 is 5.11 Å². The molecule has 0 aliphatic heterocycles. The lowest BCUT2D eigenvalue weighted by molar-refractivity contribution is -0.138. The molecule has 2 nitrogen and oxygen atoms in total. The van der Waals surface area contributed by atoms with Crippen molar-refractivity contribution in [1.29, 1.82) is 0 Å². The van der Waals surface area contributed by atoms with Crippen molar-refractivity contribution in [3.8, 4) is 0 Å². The molecule has 2 aliphatic rings. The zero-order valence-electron chi connectivity index (χ0n) is 8.70. The molecule has 1 saturated carbocycles. The normalized spacial score (nSPS) is 36.4. The Kier molecular flexibility index (Phi) is 2.62. The van der Waals surface area contributed by atoms with Crippen LogP contribution < -0.4 is 0 Å². The second-order valence-electron chi connectivity index (χ2n) is 4.90. The highest BCUT2D eigenvalue weighted by atomic mass is 16.4. The number of aliphatic carboxylic acids is 1. The van der Waals surface area contributed by atoms with Gasteiger partial charge in [0.05, 0.1) is 6.42 Å². The maximum Gasteiger partial charge on any atom is 0.303 e. The van der Waals surface area contributed by atoms with E-state index in [9.17, 15) is 4.79 Å². The van der Waals surface area contributed by atoms with Gasteiger partial charge in [0.1, 0.15) is 0 Å². The molecule has 0 saturated heterocycles. The van der Waals surface area contributed by atoms with Gasteiger partial charge in [-0.25, -0.2) is 0 Å². The Balaban J connectivity index is 2.09. The van der Waals surface area contributed by atoms with E-state index in [1.165, 1.54) is 24.8 Å². The first-order valence-corrected chi connectivity index (χ1v) is 5.57. The van der Waals surface area contributed by atoms with Crippen LogP contribution in [0.5, 0.6) is 0 Å². The van der Waals surface area contributed by atoms with Gasteiger partial charge in [0.25, 0.3) is 0 Å². The van der Waals surface area contributed by atoms with Crippen molar-refractivity contribution >= 4 is 5.97 Å². The largest absolute Gasteiger partial charge is 0.481 e. The number of fused-ring (bicyclic) bond motifs is 2. The molecule has 2 rings (SSSR count). The van der Waals surface area contributed by atoms with Crippen LogP contribution in [0.1, 0.15) is 39.0 Å². The van der Waals surface area contributed by atoms with Crippen LogP contribution in [0.3, 0.4) is 0 Å². The summed E-state index contributed by atoms with van der Waals surface area (Å²) in [5.41, 5.74) is 1.43. The Morgan fingerprint density at radius 1 is 1.57 bits per heavy atom. The minimum Gasteiger partial charge on any atom is -0.481 e. The molecule has 0 aromatic carbocycles. The van der Waals surface area contributed by atoms with Crippen molar-refractivity contribution < 1.29 is 9.90 Å². The first-order chi connectivity index (χ1) is 6.65. The van der Waals surface area contributed by atoms with Crippen molar-refractivity contribution in [2.75, 3.05) is 0 Å². The summed E-state index contributed by atoms with van der Waals surface area (Å²) in [6.07, 6.45) is 7.47. The molecule has 1 N–H and O–H groups in total. The van der Waals surface area contributed by atoms with Gasteiger partial charge in [0.2, 0.25) is 0 Å². The number of carboxylic acid groups (broad SMARTS) is 1. The lowest BCUT2D eigenvalue weighted by Crippen LogP contribution is -2.25. The Morgan fingerprint density at radius 3 is 3.07 bits per heavy atom. The van der Waals surface area contributed by atoms with E-state index >= 15 is 0 Å². The van der Waals surface area contributed by atoms with Crippen LogP contribution in [0.4, 0.5) is 0 Å². The highest BCUT2D eigenvalue weighted by Gasteiger charge is 2.30. The third-order valence-electron chi connectivity index (χ3n) is 3.60. The summed E-state index contributed by atoms with van der Waals surface area (Å²) in [6.45, 7) is 2.25. The van der Waals surface area contributed by atoms with E-state index in [0.717, 1.165) is 12.3 Å². The number of carboxylic acids is 1. The van der Waals surface area contributed by atoms with E-state index in [1.54, 1.807) is 0 Å². The molecule has 0 spiro atoms. The van der Waals surface area contributed by atoms with E-state index in [4.69, 9.17) is 5.11 Å². The van der Waals surface area contributed by atoms with E-state index in [2.05, 4.69) is 13.0 Å². The Hall–Kier alpha value is -0.790. The third kappa shape index (κ3) is 1.99. The van der Waals surface area contributed by atoms with Gasteiger partial charge in [-0.15, -0.1) is 0 Å². The van der Waals surface area contributed by atoms with Crippen molar-refractivity contribution in [1.82, 2.24) is 0 Å². The summed E-state index contributed by atoms with van der Waals surface area (Å²) in [4.78, 5) is 10.7. The summed E-state index contributed by atoms with van der Waals surface area (Å²) < 4.78 is 0. The Bertz CT molecular complexity index is 267. The molecule has 0 heterocycles. The average molecular weight is 194 g/mol. The second-order valence-corrected chi connectivity index (χ2v) is 4.90. The number of hydrogen-bond donors (Lipinski definition) is 1. The van der Waals surface area contributed by atoms with Crippen molar-refractivity contribution in [2.45, 2.75) is 39.0 Å². The molecule has 0 aromatic heterocycles. The van der Waals surface area contributed by atoms with Gasteiger partial charge in [0, 0.05) is 0 Å². The smallest absolute Gasteiger partial charge is 0.303 e. The first-order valence-electron chi connectivity index (χ1n) is 5.57. The van der Waals surface area contributed by atoms with Crippen LogP contribution in [-0.4, -0.2) is 11.1 Å². The van der Waals surface area contributed by atoms with Gasteiger partial charge in [-0.1, -0.05) is 18.6 Å². The highest BCUT2D eigenvalue weighted by molar-refractivity contribution is 5.67. The fourth-order valence-corrected chi connectivity index (χ4v) is 3.03. The van der Waals surface area contributed by atoms with Crippen LogP contribution >= 0.6 is 0 Å². The van der Waals surface area contributed by atoms with Gasteiger partial charge in [-0.3, -0.25) is 4.79 Å². The zero-order valence-corrected chi connectivity index (χ0v) is 8.70. The molecule has 2 heteroatoms. The highest BCUT2D eigenvalue weighted by Crippen LogP contribution is 2.42. The van der Waals surface area contributed by atoms with Crippen molar-refractivity contribution in [2.24, 2.45) is 17.8 Å². The zero-order chi connectivity index (χ0) is 10.1. The number of carbonyl (C=O) groups is 1. The summed E-state index contributed by atoms with van der Waals surface area (Å²) in [5, 5.41) is 8.80. The summed E-state index contributed by atoms with van der Waals surface area (Å²) in [7, 11) is 0. The second kappa shape index (κ2) is 3.76. The third-order valence-corrected chi connectivity index (χ3v) is 3.60. The quantitative estimate of drug-likeness (QED) is 0.686. The fraction of sp³-hybridized carbons (Fsp3) is 0.750. The van der Waals surface area contributed by atoms with Crippen LogP contribution in [0.15, 0.2) is 11.6 Å². The standard InChI is InChI=1S/C12H18O2/c1-8-4-9-2-3-10(7-12(13)14)11(5-8)6-9/h5,8-10H,2-4,6-7H2,1H3,(H,13,14). The van der Waals surface area contributed by atoms with Gasteiger partial charge >= 0.3 is 5.97 Å². The van der Waals surface area contributed by atoms with Gasteiger partial charge in [-0.2, -0.15) is 0 Å². The molecule has 3 unspecified atom stereocenters. The molecule has 2 aliphatic carbocycles. The molecular weight excluding hydrogens is 176 g/mol. The Labute approximate surface area is 85.0 Å². The maximum atomic E-state index is 10.7. The monoisotopic (exact) mass is 194 g/mol. The minimum absolute atomic E-state index is 0.339. The predicted molar refractivity (Wildman–Crippen MR) is 54.9 cm³/mol. The van der Waals surface area contributed by atoms with Crippen LogP contribution in [0.25, 0.3) is 0 Å². The number of hydrogen-bond acceptors (Lipinski definition) is 1. The van der Waals surface area contributed by atoms with Crippen molar-refractivity contribution in [3.05, 3.63) is 11.6 Å². The van der Waals surface area contributed by atoms with Crippen molar-refractivity contribution in [3.63, 3.8) is 0 Å². The molecule has 14 heavy (non-hydrogen) atoms. The van der Waals surface area contributed by atoms with Crippen LogP contribution in [-0.2, 0) is 4.79 Å². The molecular formula is C12H18O2. The van der Waals surface area contributed by atoms with E-state index in [1.807, 2.05) is 0 Å². The summed E-state index contributed by atoms with van der Waals surface area (Å²) >= 11 is 0. The fourth-order valence-electron chi connectivity index (χ4n) is 3.03.